The zero-order chi connectivity index (χ0) is 18.0. The van der Waals surface area contributed by atoms with Gasteiger partial charge in [0.25, 0.3) is 5.91 Å². The molecule has 3 rings (SSSR count). The SMILES string of the molecule is CCC(=O)N1CCCN(C(=O)c2ccc3c(c2)CCCS3(=O)=O)CC1. The molecule has 0 aromatic heterocycles. The Morgan fingerprint density at radius 1 is 1.04 bits per heavy atom. The summed E-state index contributed by atoms with van der Waals surface area (Å²) in [6.07, 6.45) is 2.53. The Morgan fingerprint density at radius 3 is 2.52 bits per heavy atom. The van der Waals surface area contributed by atoms with E-state index in [1.807, 2.05) is 11.8 Å². The lowest BCUT2D eigenvalue weighted by atomic mass is 10.1. The largest absolute Gasteiger partial charge is 0.341 e. The highest BCUT2D eigenvalue weighted by atomic mass is 32.2. The van der Waals surface area contributed by atoms with Crippen molar-refractivity contribution in [3.8, 4) is 0 Å². The monoisotopic (exact) mass is 364 g/mol. The van der Waals surface area contributed by atoms with Gasteiger partial charge in [0.15, 0.2) is 9.84 Å². The number of hydrogen-bond donors (Lipinski definition) is 0. The van der Waals surface area contributed by atoms with E-state index in [-0.39, 0.29) is 17.6 Å². The van der Waals surface area contributed by atoms with Gasteiger partial charge >= 0.3 is 0 Å². The second-order valence-corrected chi connectivity index (χ2v) is 8.70. The van der Waals surface area contributed by atoms with Gasteiger partial charge in [-0.25, -0.2) is 8.42 Å². The number of sulfone groups is 1. The van der Waals surface area contributed by atoms with Gasteiger partial charge in [-0.05, 0) is 43.0 Å². The summed E-state index contributed by atoms with van der Waals surface area (Å²) >= 11 is 0. The average Bonchev–Trinajstić information content (AvgIpc) is 2.86. The van der Waals surface area contributed by atoms with Crippen LogP contribution in [0.4, 0.5) is 0 Å². The van der Waals surface area contributed by atoms with Crippen molar-refractivity contribution in [1.29, 1.82) is 0 Å². The van der Waals surface area contributed by atoms with Gasteiger partial charge in [0.05, 0.1) is 10.6 Å². The molecule has 136 valence electrons. The van der Waals surface area contributed by atoms with Crippen LogP contribution in [0.3, 0.4) is 0 Å². The highest BCUT2D eigenvalue weighted by Gasteiger charge is 2.26. The van der Waals surface area contributed by atoms with Crippen LogP contribution in [0.1, 0.15) is 42.1 Å². The number of nitrogens with zero attached hydrogens (tertiary/aromatic N) is 2. The number of benzene rings is 1. The first-order chi connectivity index (χ1) is 11.9. The molecule has 0 bridgehead atoms. The number of rotatable bonds is 2. The molecule has 6 nitrogen and oxygen atoms in total. The van der Waals surface area contributed by atoms with E-state index in [9.17, 15) is 18.0 Å². The van der Waals surface area contributed by atoms with Crippen molar-refractivity contribution in [2.45, 2.75) is 37.5 Å². The van der Waals surface area contributed by atoms with Crippen LogP contribution in [0.5, 0.6) is 0 Å². The number of hydrogen-bond acceptors (Lipinski definition) is 4. The summed E-state index contributed by atoms with van der Waals surface area (Å²) in [4.78, 5) is 28.6. The molecule has 2 amide bonds. The van der Waals surface area contributed by atoms with Gasteiger partial charge < -0.3 is 9.80 Å². The summed E-state index contributed by atoms with van der Waals surface area (Å²) < 4.78 is 24.2. The second kappa shape index (κ2) is 7.15. The van der Waals surface area contributed by atoms with Gasteiger partial charge in [-0.2, -0.15) is 0 Å². The maximum Gasteiger partial charge on any atom is 0.253 e. The van der Waals surface area contributed by atoms with Crippen molar-refractivity contribution in [2.24, 2.45) is 0 Å². The lowest BCUT2D eigenvalue weighted by Gasteiger charge is -2.23. The molecule has 1 fully saturated rings. The number of carbonyl (C=O) groups excluding carboxylic acids is 2. The van der Waals surface area contributed by atoms with Crippen molar-refractivity contribution < 1.29 is 18.0 Å². The summed E-state index contributed by atoms with van der Waals surface area (Å²) in [5, 5.41) is 0. The Kier molecular flexibility index (Phi) is 5.13. The molecule has 0 atom stereocenters. The molecule has 1 aromatic rings. The standard InChI is InChI=1S/C18H24N2O4S/c1-2-17(21)19-8-4-9-20(11-10-19)18(22)15-6-7-16-14(13-15)5-3-12-25(16,23)24/h6-7,13H,2-5,8-12H2,1H3. The van der Waals surface area contributed by atoms with Crippen LogP contribution in [0, 0.1) is 0 Å². The fraction of sp³-hybridized carbons (Fsp3) is 0.556. The molecule has 0 spiro atoms. The van der Waals surface area contributed by atoms with E-state index >= 15 is 0 Å². The molecule has 2 heterocycles. The smallest absolute Gasteiger partial charge is 0.253 e. The maximum atomic E-state index is 12.8. The molecule has 2 aliphatic heterocycles. The minimum Gasteiger partial charge on any atom is -0.341 e. The number of aryl methyl sites for hydroxylation is 1. The molecule has 1 aromatic carbocycles. The third-order valence-electron chi connectivity index (χ3n) is 4.94. The van der Waals surface area contributed by atoms with Crippen molar-refractivity contribution in [3.05, 3.63) is 29.3 Å². The zero-order valence-corrected chi connectivity index (χ0v) is 15.3. The van der Waals surface area contributed by atoms with Crippen LogP contribution in [0.2, 0.25) is 0 Å². The molecule has 7 heteroatoms. The fourth-order valence-corrected chi connectivity index (χ4v) is 5.13. The van der Waals surface area contributed by atoms with Crippen LogP contribution in [0.15, 0.2) is 23.1 Å². The predicted octanol–water partition coefficient (Wildman–Crippen LogP) is 1.49. The predicted molar refractivity (Wildman–Crippen MR) is 94.2 cm³/mol. The summed E-state index contributed by atoms with van der Waals surface area (Å²) in [5.41, 5.74) is 1.28. The van der Waals surface area contributed by atoms with Gasteiger partial charge in [-0.15, -0.1) is 0 Å². The van der Waals surface area contributed by atoms with Crippen LogP contribution < -0.4 is 0 Å². The summed E-state index contributed by atoms with van der Waals surface area (Å²) in [7, 11) is -3.20. The Bertz CT molecular complexity index is 788. The minimum atomic E-state index is -3.20. The molecule has 25 heavy (non-hydrogen) atoms. The fourth-order valence-electron chi connectivity index (χ4n) is 3.55. The number of fused-ring (bicyclic) bond motifs is 1. The van der Waals surface area contributed by atoms with Gasteiger partial charge in [0, 0.05) is 38.2 Å². The van der Waals surface area contributed by atoms with Gasteiger partial charge in [0.1, 0.15) is 0 Å². The Hall–Kier alpha value is -1.89. The van der Waals surface area contributed by atoms with Gasteiger partial charge in [0.2, 0.25) is 5.91 Å². The van der Waals surface area contributed by atoms with E-state index in [1.165, 1.54) is 0 Å². The van der Waals surface area contributed by atoms with Crippen molar-refractivity contribution >= 4 is 21.7 Å². The van der Waals surface area contributed by atoms with Crippen molar-refractivity contribution in [2.75, 3.05) is 31.9 Å². The van der Waals surface area contributed by atoms with Gasteiger partial charge in [-0.1, -0.05) is 6.92 Å². The van der Waals surface area contributed by atoms with E-state index in [2.05, 4.69) is 0 Å². The van der Waals surface area contributed by atoms with E-state index < -0.39 is 9.84 Å². The Balaban J connectivity index is 1.76. The first kappa shape index (κ1) is 17.9. The Morgan fingerprint density at radius 2 is 1.76 bits per heavy atom. The molecule has 1 saturated heterocycles. The topological polar surface area (TPSA) is 74.8 Å². The highest BCUT2D eigenvalue weighted by molar-refractivity contribution is 7.91. The second-order valence-electron chi connectivity index (χ2n) is 6.63. The molecule has 0 saturated carbocycles. The molecule has 0 N–H and O–H groups in total. The highest BCUT2D eigenvalue weighted by Crippen LogP contribution is 2.26. The molecular weight excluding hydrogens is 340 g/mol. The van der Waals surface area contributed by atoms with Crippen LogP contribution >= 0.6 is 0 Å². The first-order valence-electron chi connectivity index (χ1n) is 8.85. The van der Waals surface area contributed by atoms with Crippen molar-refractivity contribution in [1.82, 2.24) is 9.80 Å². The van der Waals surface area contributed by atoms with E-state index in [0.29, 0.717) is 55.9 Å². The molecule has 2 aliphatic rings. The maximum absolute atomic E-state index is 12.8. The molecule has 0 unspecified atom stereocenters. The summed E-state index contributed by atoms with van der Waals surface area (Å²) in [6, 6.07) is 4.92. The average molecular weight is 364 g/mol. The van der Waals surface area contributed by atoms with E-state index in [0.717, 1.165) is 12.0 Å². The summed E-state index contributed by atoms with van der Waals surface area (Å²) in [5.74, 6) is 0.214. The first-order valence-corrected chi connectivity index (χ1v) is 10.5. The quantitative estimate of drug-likeness (QED) is 0.797. The van der Waals surface area contributed by atoms with Crippen LogP contribution in [-0.4, -0.2) is 62.0 Å². The van der Waals surface area contributed by atoms with Crippen LogP contribution in [0.25, 0.3) is 0 Å². The lowest BCUT2D eigenvalue weighted by molar-refractivity contribution is -0.130. The lowest BCUT2D eigenvalue weighted by Crippen LogP contribution is -2.37. The normalized spacial score (nSPS) is 19.9. The van der Waals surface area contributed by atoms with E-state index in [1.54, 1.807) is 23.1 Å². The van der Waals surface area contributed by atoms with Crippen LogP contribution in [-0.2, 0) is 21.1 Å². The molecule has 0 radical (unpaired) electrons. The number of amides is 2. The number of carbonyl (C=O) groups is 2. The zero-order valence-electron chi connectivity index (χ0n) is 14.5. The van der Waals surface area contributed by atoms with E-state index in [4.69, 9.17) is 0 Å². The third-order valence-corrected chi connectivity index (χ3v) is 6.83. The third kappa shape index (κ3) is 3.71. The molecule has 0 aliphatic carbocycles. The summed E-state index contributed by atoms with van der Waals surface area (Å²) in [6.45, 7) is 4.20. The Labute approximate surface area is 148 Å². The molecular formula is C18H24N2O4S. The van der Waals surface area contributed by atoms with Gasteiger partial charge in [-0.3, -0.25) is 9.59 Å². The minimum absolute atomic E-state index is 0.0865. The van der Waals surface area contributed by atoms with Crippen molar-refractivity contribution in [3.63, 3.8) is 0 Å².